The van der Waals surface area contributed by atoms with Gasteiger partial charge in [0.25, 0.3) is 5.91 Å². The Morgan fingerprint density at radius 3 is 2.52 bits per heavy atom. The zero-order valence-electron chi connectivity index (χ0n) is 16.9. The van der Waals surface area contributed by atoms with Crippen molar-refractivity contribution in [1.29, 1.82) is 0 Å². The van der Waals surface area contributed by atoms with Crippen molar-refractivity contribution in [3.8, 4) is 11.4 Å². The van der Waals surface area contributed by atoms with Crippen LogP contribution in [0.3, 0.4) is 0 Å². The maximum Gasteiger partial charge on any atom is 0.471 e. The minimum absolute atomic E-state index is 0.0819. The van der Waals surface area contributed by atoms with Crippen molar-refractivity contribution in [2.75, 3.05) is 26.3 Å². The SMILES string of the molecule is O=C1c2cc(-c3noc(C(F)(F)F)n3)ccc2CN1[C@H]1CCCC[C@@H]1N1CCOCC1. The summed E-state index contributed by atoms with van der Waals surface area (Å²) in [6.45, 7) is 3.69. The van der Waals surface area contributed by atoms with Gasteiger partial charge in [-0.15, -0.1) is 0 Å². The van der Waals surface area contributed by atoms with E-state index in [0.29, 0.717) is 36.9 Å². The van der Waals surface area contributed by atoms with Crippen LogP contribution in [0.1, 0.15) is 47.5 Å². The van der Waals surface area contributed by atoms with Gasteiger partial charge >= 0.3 is 12.1 Å². The summed E-state index contributed by atoms with van der Waals surface area (Å²) in [5, 5.41) is 3.44. The fourth-order valence-electron chi connectivity index (χ4n) is 4.98. The van der Waals surface area contributed by atoms with Crippen LogP contribution in [0.4, 0.5) is 13.2 Å². The third-order valence-electron chi connectivity index (χ3n) is 6.48. The van der Waals surface area contributed by atoms with Crippen molar-refractivity contribution in [3.05, 3.63) is 35.2 Å². The van der Waals surface area contributed by atoms with Crippen LogP contribution in [-0.2, 0) is 17.5 Å². The van der Waals surface area contributed by atoms with E-state index in [-0.39, 0.29) is 17.8 Å². The molecule has 1 aliphatic carbocycles. The van der Waals surface area contributed by atoms with E-state index in [9.17, 15) is 18.0 Å². The largest absolute Gasteiger partial charge is 0.471 e. The lowest BCUT2D eigenvalue weighted by Gasteiger charge is -2.45. The molecule has 2 atom stereocenters. The Kier molecular flexibility index (Phi) is 5.21. The van der Waals surface area contributed by atoms with Gasteiger partial charge in [0.2, 0.25) is 5.82 Å². The number of halogens is 3. The molecule has 2 fully saturated rings. The number of aromatic nitrogens is 2. The molecule has 2 aliphatic heterocycles. The van der Waals surface area contributed by atoms with E-state index in [0.717, 1.165) is 44.3 Å². The van der Waals surface area contributed by atoms with E-state index < -0.39 is 12.1 Å². The van der Waals surface area contributed by atoms with Crippen LogP contribution in [0.2, 0.25) is 0 Å². The number of carbonyl (C=O) groups excluding carboxylic acids is 1. The minimum atomic E-state index is -4.70. The first kappa shape index (κ1) is 20.4. The summed E-state index contributed by atoms with van der Waals surface area (Å²) in [6, 6.07) is 5.42. The molecule has 166 valence electrons. The number of hydrogen-bond acceptors (Lipinski definition) is 6. The number of hydrogen-bond donors (Lipinski definition) is 0. The highest BCUT2D eigenvalue weighted by molar-refractivity contribution is 5.99. The molecule has 7 nitrogen and oxygen atoms in total. The summed E-state index contributed by atoms with van der Waals surface area (Å²) >= 11 is 0. The van der Waals surface area contributed by atoms with Gasteiger partial charge in [0.05, 0.1) is 13.2 Å². The van der Waals surface area contributed by atoms with Crippen LogP contribution < -0.4 is 0 Å². The number of alkyl halides is 3. The third-order valence-corrected chi connectivity index (χ3v) is 6.48. The van der Waals surface area contributed by atoms with Crippen molar-refractivity contribution < 1.29 is 27.2 Å². The van der Waals surface area contributed by atoms with E-state index in [2.05, 4.69) is 19.6 Å². The van der Waals surface area contributed by atoms with Gasteiger partial charge in [-0.2, -0.15) is 18.2 Å². The van der Waals surface area contributed by atoms with Crippen molar-refractivity contribution in [1.82, 2.24) is 19.9 Å². The molecule has 0 radical (unpaired) electrons. The van der Waals surface area contributed by atoms with Gasteiger partial charge in [0, 0.05) is 42.8 Å². The zero-order valence-corrected chi connectivity index (χ0v) is 16.9. The van der Waals surface area contributed by atoms with Crippen molar-refractivity contribution in [2.24, 2.45) is 0 Å². The fourth-order valence-corrected chi connectivity index (χ4v) is 4.98. The first-order valence-electron chi connectivity index (χ1n) is 10.6. The van der Waals surface area contributed by atoms with E-state index in [1.54, 1.807) is 18.2 Å². The maximum atomic E-state index is 13.3. The van der Waals surface area contributed by atoms with Crippen molar-refractivity contribution in [2.45, 2.75) is 50.5 Å². The molecule has 1 aromatic carbocycles. The van der Waals surface area contributed by atoms with E-state index in [1.165, 1.54) is 0 Å². The lowest BCUT2D eigenvalue weighted by atomic mass is 9.87. The fraction of sp³-hybridized carbons (Fsp3) is 0.571. The molecule has 1 saturated heterocycles. The molecule has 5 rings (SSSR count). The van der Waals surface area contributed by atoms with Crippen molar-refractivity contribution in [3.63, 3.8) is 0 Å². The van der Waals surface area contributed by atoms with Gasteiger partial charge in [0.15, 0.2) is 0 Å². The number of ether oxygens (including phenoxy) is 1. The molecular formula is C21H23F3N4O3. The van der Waals surface area contributed by atoms with Crippen LogP contribution in [-0.4, -0.2) is 64.2 Å². The quantitative estimate of drug-likeness (QED) is 0.735. The average Bonchev–Trinajstić information content (AvgIpc) is 3.40. The highest BCUT2D eigenvalue weighted by atomic mass is 19.4. The standard InChI is InChI=1S/C21H23F3N4O3/c22-21(23,24)20-25-18(26-31-20)13-5-6-14-12-28(19(29)15(14)11-13)17-4-2-1-3-16(17)27-7-9-30-10-8-27/h5-6,11,16-17H,1-4,7-10,12H2/t16-,17-/m0/s1. The van der Waals surface area contributed by atoms with Crippen molar-refractivity contribution >= 4 is 5.91 Å². The molecule has 1 aromatic heterocycles. The summed E-state index contributed by atoms with van der Waals surface area (Å²) in [5.74, 6) is -1.65. The topological polar surface area (TPSA) is 71.7 Å². The van der Waals surface area contributed by atoms with E-state index in [1.807, 2.05) is 4.90 Å². The molecule has 31 heavy (non-hydrogen) atoms. The maximum absolute atomic E-state index is 13.3. The van der Waals surface area contributed by atoms with Gasteiger partial charge in [-0.1, -0.05) is 30.1 Å². The second-order valence-electron chi connectivity index (χ2n) is 8.29. The van der Waals surface area contributed by atoms with Crippen LogP contribution >= 0.6 is 0 Å². The van der Waals surface area contributed by atoms with Gasteiger partial charge < -0.3 is 14.2 Å². The molecule has 1 amide bonds. The summed E-state index contributed by atoms with van der Waals surface area (Å²) in [6.07, 6.45) is -0.464. The van der Waals surface area contributed by atoms with Crippen LogP contribution in [0.5, 0.6) is 0 Å². The molecule has 0 bridgehead atoms. The second-order valence-corrected chi connectivity index (χ2v) is 8.29. The number of rotatable bonds is 3. The Hall–Kier alpha value is -2.46. The van der Waals surface area contributed by atoms with Gasteiger partial charge in [-0.05, 0) is 24.5 Å². The summed E-state index contributed by atoms with van der Waals surface area (Å²) < 4.78 is 48.1. The van der Waals surface area contributed by atoms with Gasteiger partial charge in [0.1, 0.15) is 0 Å². The van der Waals surface area contributed by atoms with E-state index >= 15 is 0 Å². The minimum Gasteiger partial charge on any atom is -0.379 e. The normalized spacial score (nSPS) is 25.1. The highest BCUT2D eigenvalue weighted by Crippen LogP contribution is 2.35. The Morgan fingerprint density at radius 2 is 1.81 bits per heavy atom. The predicted molar refractivity (Wildman–Crippen MR) is 103 cm³/mol. The number of benzene rings is 1. The Morgan fingerprint density at radius 1 is 1.06 bits per heavy atom. The monoisotopic (exact) mass is 436 g/mol. The number of fused-ring (bicyclic) bond motifs is 1. The van der Waals surface area contributed by atoms with E-state index in [4.69, 9.17) is 4.74 Å². The predicted octanol–water partition coefficient (Wildman–Crippen LogP) is 3.35. The third kappa shape index (κ3) is 3.82. The Bertz CT molecular complexity index is 971. The average molecular weight is 436 g/mol. The molecule has 0 unspecified atom stereocenters. The molecule has 10 heteroatoms. The molecule has 0 N–H and O–H groups in total. The lowest BCUT2D eigenvalue weighted by molar-refractivity contribution is -0.159. The van der Waals surface area contributed by atoms with Crippen LogP contribution in [0, 0.1) is 0 Å². The smallest absolute Gasteiger partial charge is 0.379 e. The summed E-state index contributed by atoms with van der Waals surface area (Å²) in [7, 11) is 0. The molecule has 1 saturated carbocycles. The summed E-state index contributed by atoms with van der Waals surface area (Å²) in [4.78, 5) is 21.1. The van der Waals surface area contributed by atoms with Gasteiger partial charge in [-0.3, -0.25) is 9.69 Å². The molecule has 0 spiro atoms. The lowest BCUT2D eigenvalue weighted by Crippen LogP contribution is -2.56. The Labute approximate surface area is 177 Å². The first-order chi connectivity index (χ1) is 14.9. The second kappa shape index (κ2) is 7.90. The number of amides is 1. The zero-order chi connectivity index (χ0) is 21.6. The van der Waals surface area contributed by atoms with Gasteiger partial charge in [-0.25, -0.2) is 0 Å². The molecule has 3 aliphatic rings. The number of morpholine rings is 1. The molecule has 3 heterocycles. The molecular weight excluding hydrogens is 413 g/mol. The Balaban J connectivity index is 1.39. The van der Waals surface area contributed by atoms with Crippen LogP contribution in [0.25, 0.3) is 11.4 Å². The van der Waals surface area contributed by atoms with Crippen LogP contribution in [0.15, 0.2) is 22.7 Å². The molecule has 2 aromatic rings. The number of carbonyl (C=O) groups is 1. The summed E-state index contributed by atoms with van der Waals surface area (Å²) in [5.41, 5.74) is 1.71. The first-order valence-corrected chi connectivity index (χ1v) is 10.6. The highest BCUT2D eigenvalue weighted by Gasteiger charge is 2.41. The number of nitrogens with zero attached hydrogens (tertiary/aromatic N) is 4.